The molecule has 0 saturated heterocycles. The molecule has 0 atom stereocenters. The zero-order chi connectivity index (χ0) is 43.3. The van der Waals surface area contributed by atoms with E-state index in [0.29, 0.717) is 0 Å². The van der Waals surface area contributed by atoms with Crippen LogP contribution in [-0.2, 0) is 12.8 Å². The van der Waals surface area contributed by atoms with Gasteiger partial charge in [-0.15, -0.1) is 0 Å². The van der Waals surface area contributed by atoms with Gasteiger partial charge in [-0.1, -0.05) is 0 Å². The first-order valence-electron chi connectivity index (χ1n) is 21.9. The van der Waals surface area contributed by atoms with Crippen molar-refractivity contribution in [3.8, 4) is 42.0 Å². The number of benzene rings is 2. The van der Waals surface area contributed by atoms with Crippen LogP contribution in [0.2, 0.25) is 29.6 Å². The van der Waals surface area contributed by atoms with Gasteiger partial charge in [-0.2, -0.15) is 0 Å². The molecule has 6 heteroatoms. The van der Waals surface area contributed by atoms with Gasteiger partial charge in [0.15, 0.2) is 0 Å². The second-order valence-electron chi connectivity index (χ2n) is 18.5. The Morgan fingerprint density at radius 2 is 0.917 bits per heavy atom. The molecular formula is C54H62N4Sn2. The summed E-state index contributed by atoms with van der Waals surface area (Å²) in [5, 5.41) is 0. The van der Waals surface area contributed by atoms with E-state index in [4.69, 9.17) is 9.97 Å². The molecule has 60 heavy (non-hydrogen) atoms. The van der Waals surface area contributed by atoms with Crippen LogP contribution < -0.4 is 0 Å². The molecule has 0 amide bonds. The first kappa shape index (κ1) is 43.8. The number of aromatic nitrogens is 4. The molecule has 0 unspecified atom stereocenters. The Balaban J connectivity index is 1.70. The molecule has 7 rings (SSSR count). The van der Waals surface area contributed by atoms with E-state index in [1.165, 1.54) is 50.1 Å². The van der Waals surface area contributed by atoms with Crippen LogP contribution in [0.4, 0.5) is 0 Å². The van der Waals surface area contributed by atoms with Crippen LogP contribution in [-0.4, -0.2) is 56.7 Å². The fourth-order valence-electron chi connectivity index (χ4n) is 8.90. The molecule has 0 radical (unpaired) electrons. The van der Waals surface area contributed by atoms with Crippen LogP contribution in [0, 0.1) is 33.6 Å². The maximum absolute atomic E-state index is 5.62. The molecule has 3 aromatic heterocycles. The number of hydrogen-bond donors (Lipinski definition) is 2. The number of allylic oxidation sites excluding steroid dienone is 4. The Morgan fingerprint density at radius 3 is 1.28 bits per heavy atom. The molecule has 2 aromatic carbocycles. The topological polar surface area (TPSA) is 57.4 Å². The number of aromatic amines is 2. The van der Waals surface area contributed by atoms with Crippen molar-refractivity contribution >= 4 is 81.1 Å². The minimum atomic E-state index is -2.34. The van der Waals surface area contributed by atoms with Crippen LogP contribution in [0.5, 0.6) is 0 Å². The summed E-state index contributed by atoms with van der Waals surface area (Å²) in [6, 6.07) is 22.3. The van der Waals surface area contributed by atoms with E-state index in [2.05, 4.69) is 175 Å². The number of H-pyrrole nitrogens is 2. The summed E-state index contributed by atoms with van der Waals surface area (Å²) in [4.78, 5) is 33.5. The van der Waals surface area contributed by atoms with Crippen molar-refractivity contribution in [2.45, 2.75) is 111 Å². The van der Waals surface area contributed by atoms with E-state index in [-0.39, 0.29) is 0 Å². The van der Waals surface area contributed by atoms with E-state index >= 15 is 0 Å². The van der Waals surface area contributed by atoms with Gasteiger partial charge in [0.25, 0.3) is 0 Å². The molecule has 4 nitrogen and oxygen atoms in total. The van der Waals surface area contributed by atoms with Crippen LogP contribution in [0.3, 0.4) is 0 Å². The molecule has 2 aliphatic rings. The Kier molecular flexibility index (Phi) is 12.6. The summed E-state index contributed by atoms with van der Waals surface area (Å²) in [5.74, 6) is 7.14. The summed E-state index contributed by atoms with van der Waals surface area (Å²) in [7, 11) is 0. The number of nitrogens with zero attached hydrogens (tertiary/aromatic N) is 2. The van der Waals surface area contributed by atoms with Crippen LogP contribution in [0.15, 0.2) is 60.7 Å². The molecule has 5 aromatic rings. The van der Waals surface area contributed by atoms with Crippen molar-refractivity contribution in [3.63, 3.8) is 0 Å². The van der Waals surface area contributed by atoms with Crippen molar-refractivity contribution < 1.29 is 0 Å². The van der Waals surface area contributed by atoms with Gasteiger partial charge in [-0.25, -0.2) is 0 Å². The third-order valence-corrected chi connectivity index (χ3v) is 16.9. The molecular weight excluding hydrogens is 942 g/mol. The molecule has 0 fully saturated rings. The molecule has 8 bridgehead atoms. The predicted octanol–water partition coefficient (Wildman–Crippen LogP) is 14.5. The molecule has 2 aliphatic heterocycles. The van der Waals surface area contributed by atoms with Gasteiger partial charge in [0, 0.05) is 0 Å². The van der Waals surface area contributed by atoms with Gasteiger partial charge in [0.05, 0.1) is 0 Å². The summed E-state index contributed by atoms with van der Waals surface area (Å²) < 4.78 is 7.34. The molecule has 2 N–H and O–H groups in total. The van der Waals surface area contributed by atoms with E-state index < -0.39 is 36.8 Å². The standard InChI is InChI=1S/C48H44N4.6CH3.2Sn/c1-11-31-19-17-21-33(23-31)43-45-27(7)35(13-3)39(49-45)25-41-37(15-5)29(9)47(51-41)44(34-22-18-20-32(12-2)24-34)48-30(10)38(16-6)42(52-48)26-40-36(14-4)28(8)46(43)50-40;;;;;;;;/h17-26,49-50H,13-16H2,3-10H3;6*1H3;;. The Bertz CT molecular complexity index is 2810. The number of nitrogens with one attached hydrogen (secondary N) is 2. The van der Waals surface area contributed by atoms with Gasteiger partial charge in [0.2, 0.25) is 0 Å². The third kappa shape index (κ3) is 8.62. The molecule has 0 aliphatic carbocycles. The maximum atomic E-state index is 5.62. The van der Waals surface area contributed by atoms with Crippen molar-refractivity contribution in [2.24, 2.45) is 0 Å². The SMILES string of the molecule is CCC1=C(C)c2nc1cc1[nH]c(c(C)c1CC)c(-c1cccc(C#[C][Sn]([CH3])([CH3])[CH3])c1)c1[nH]c(cc3nc(c2-c2cccc(C#[C][Sn]([CH3])([CH3])[CH3])c2)C(C)=C3CC)c(CC)c1C. The molecule has 0 spiro atoms. The second kappa shape index (κ2) is 17.3. The number of aryl methyl sites for hydroxylation is 4. The number of fused-ring (bicyclic) bond motifs is 8. The normalized spacial score (nSPS) is 13.0. The van der Waals surface area contributed by atoms with E-state index in [1.807, 2.05) is 0 Å². The van der Waals surface area contributed by atoms with Gasteiger partial charge in [-0.3, -0.25) is 0 Å². The Labute approximate surface area is 367 Å². The molecule has 306 valence electrons. The zero-order valence-corrected chi connectivity index (χ0v) is 44.2. The van der Waals surface area contributed by atoms with Crippen molar-refractivity contribution in [1.82, 2.24) is 19.9 Å². The monoisotopic (exact) mass is 1010 g/mol. The average molecular weight is 1000 g/mol. The quantitative estimate of drug-likeness (QED) is 0.132. The van der Waals surface area contributed by atoms with Crippen LogP contribution in [0.1, 0.15) is 111 Å². The van der Waals surface area contributed by atoms with E-state index in [9.17, 15) is 0 Å². The Hall–Kier alpha value is -4.24. The first-order valence-corrected chi connectivity index (χ1v) is 41.9. The second-order valence-corrected chi connectivity index (χ2v) is 45.7. The first-order chi connectivity index (χ1) is 28.5. The van der Waals surface area contributed by atoms with E-state index in [0.717, 1.165) is 98.3 Å². The number of hydrogen-bond acceptors (Lipinski definition) is 2. The van der Waals surface area contributed by atoms with E-state index in [1.54, 1.807) is 0 Å². The minimum absolute atomic E-state index is 0.872. The van der Waals surface area contributed by atoms with Gasteiger partial charge >= 0.3 is 371 Å². The predicted molar refractivity (Wildman–Crippen MR) is 266 cm³/mol. The van der Waals surface area contributed by atoms with Crippen molar-refractivity contribution in [3.05, 3.63) is 117 Å². The summed E-state index contributed by atoms with van der Waals surface area (Å²) in [5.41, 5.74) is 25.2. The average Bonchev–Trinajstić information content (AvgIpc) is 3.89. The summed E-state index contributed by atoms with van der Waals surface area (Å²) in [6.45, 7) is 18.1. The fraction of sp³-hybridized carbons (Fsp3) is 0.333. The number of rotatable bonds is 6. The summed E-state index contributed by atoms with van der Waals surface area (Å²) >= 11 is -4.67. The Morgan fingerprint density at radius 1 is 0.517 bits per heavy atom. The molecule has 0 saturated carbocycles. The summed E-state index contributed by atoms with van der Waals surface area (Å²) in [6.07, 6.45) is 3.53. The van der Waals surface area contributed by atoms with Crippen LogP contribution >= 0.6 is 0 Å². The molecule has 5 heterocycles. The third-order valence-electron chi connectivity index (χ3n) is 11.9. The van der Waals surface area contributed by atoms with Gasteiger partial charge in [-0.05, 0) is 0 Å². The van der Waals surface area contributed by atoms with Crippen molar-refractivity contribution in [1.29, 1.82) is 0 Å². The zero-order valence-electron chi connectivity index (χ0n) is 38.5. The van der Waals surface area contributed by atoms with Crippen molar-refractivity contribution in [2.75, 3.05) is 0 Å². The fourth-order valence-corrected chi connectivity index (χ4v) is 11.9. The van der Waals surface area contributed by atoms with Gasteiger partial charge in [0.1, 0.15) is 0 Å². The van der Waals surface area contributed by atoms with Gasteiger partial charge < -0.3 is 0 Å². The van der Waals surface area contributed by atoms with Crippen LogP contribution in [0.25, 0.3) is 66.6 Å².